The number of anilines is 1. The van der Waals surface area contributed by atoms with Crippen molar-refractivity contribution in [2.24, 2.45) is 0 Å². The maximum atomic E-state index is 12.7. The van der Waals surface area contributed by atoms with Crippen molar-refractivity contribution in [3.63, 3.8) is 0 Å². The Morgan fingerprint density at radius 1 is 1.25 bits per heavy atom. The summed E-state index contributed by atoms with van der Waals surface area (Å²) < 4.78 is 14.2. The molecule has 11 nitrogen and oxygen atoms in total. The maximum absolute atomic E-state index is 12.7. The summed E-state index contributed by atoms with van der Waals surface area (Å²) in [5.41, 5.74) is 3.90. The minimum Gasteiger partial charge on any atom is -0.393 e. The second-order valence-corrected chi connectivity index (χ2v) is 9.79. The number of carbonyl (C=O) groups is 1. The first-order valence-electron chi connectivity index (χ1n) is 12.7. The van der Waals surface area contributed by atoms with Crippen molar-refractivity contribution in [2.75, 3.05) is 45.3 Å². The van der Waals surface area contributed by atoms with E-state index in [0.29, 0.717) is 44.8 Å². The second kappa shape index (κ2) is 10.9. The molecule has 1 aliphatic heterocycles. The number of ether oxygens (including phenoxy) is 2. The molecule has 1 aliphatic carbocycles. The normalized spacial score (nSPS) is 21.6. The Hall–Kier alpha value is -3.02. The van der Waals surface area contributed by atoms with E-state index in [9.17, 15) is 9.90 Å². The highest BCUT2D eigenvalue weighted by atomic mass is 16.5. The van der Waals surface area contributed by atoms with Gasteiger partial charge in [-0.2, -0.15) is 5.10 Å². The first-order chi connectivity index (χ1) is 17.5. The van der Waals surface area contributed by atoms with Crippen LogP contribution in [0.1, 0.15) is 44.2 Å². The Labute approximate surface area is 210 Å². The van der Waals surface area contributed by atoms with E-state index < -0.39 is 0 Å². The number of amides is 1. The zero-order chi connectivity index (χ0) is 25.1. The molecule has 11 heteroatoms. The van der Waals surface area contributed by atoms with Gasteiger partial charge in [0, 0.05) is 55.2 Å². The van der Waals surface area contributed by atoms with Gasteiger partial charge in [0.15, 0.2) is 0 Å². The van der Waals surface area contributed by atoms with Crippen molar-refractivity contribution in [2.45, 2.75) is 57.2 Å². The van der Waals surface area contributed by atoms with Crippen LogP contribution in [0.15, 0.2) is 24.7 Å². The van der Waals surface area contributed by atoms with E-state index >= 15 is 0 Å². The van der Waals surface area contributed by atoms with E-state index in [4.69, 9.17) is 14.6 Å². The first kappa shape index (κ1) is 24.7. The quantitative estimate of drug-likeness (QED) is 0.485. The Morgan fingerprint density at radius 3 is 2.78 bits per heavy atom. The number of fused-ring (bicyclic) bond motifs is 1. The molecule has 36 heavy (non-hydrogen) atoms. The van der Waals surface area contributed by atoms with Gasteiger partial charge >= 0.3 is 0 Å². The monoisotopic (exact) mass is 497 g/mol. The zero-order valence-electron chi connectivity index (χ0n) is 21.0. The van der Waals surface area contributed by atoms with E-state index in [-0.39, 0.29) is 24.6 Å². The molecular formula is C25H35N7O4. The number of nitrogens with zero attached hydrogens (tertiary/aromatic N) is 6. The molecule has 0 aromatic carbocycles. The van der Waals surface area contributed by atoms with Crippen molar-refractivity contribution in [3.8, 4) is 11.1 Å². The molecule has 0 bridgehead atoms. The van der Waals surface area contributed by atoms with Crippen LogP contribution in [0.5, 0.6) is 0 Å². The van der Waals surface area contributed by atoms with E-state index in [1.165, 1.54) is 0 Å². The molecular weight excluding hydrogens is 462 g/mol. The van der Waals surface area contributed by atoms with Crippen molar-refractivity contribution >= 4 is 17.4 Å². The Kier molecular flexibility index (Phi) is 7.49. The van der Waals surface area contributed by atoms with Crippen molar-refractivity contribution in [1.82, 2.24) is 29.3 Å². The van der Waals surface area contributed by atoms with Gasteiger partial charge in [-0.1, -0.05) is 0 Å². The lowest BCUT2D eigenvalue weighted by molar-refractivity contribution is -0.136. The lowest BCUT2D eigenvalue weighted by Gasteiger charge is -2.26. The second-order valence-electron chi connectivity index (χ2n) is 9.79. The third-order valence-electron chi connectivity index (χ3n) is 7.06. The summed E-state index contributed by atoms with van der Waals surface area (Å²) in [5.74, 6) is 0.880. The predicted octanol–water partition coefficient (Wildman–Crippen LogP) is 1.92. The number of morpholine rings is 1. The van der Waals surface area contributed by atoms with Gasteiger partial charge in [0.05, 0.1) is 43.8 Å². The highest BCUT2D eigenvalue weighted by Gasteiger charge is 2.26. The average molecular weight is 498 g/mol. The zero-order valence-corrected chi connectivity index (χ0v) is 21.0. The molecule has 1 atom stereocenters. The number of nitrogens with one attached hydrogen (secondary N) is 1. The molecule has 5 rings (SSSR count). The standard InChI is InChI=1S/C25H35N7O4/c1-17(16-35-2)28-25-26-13-23-21(11-22(32(23)29-25)18-3-5-20(33)6-4-18)19-12-27-31(14-19)15-24(34)30-7-9-36-10-8-30/h11-14,17-18,20,33H,3-10,15-16H2,1-2H3,(H,28,29)/t17-,18?,20?/m0/s1. The highest BCUT2D eigenvalue weighted by molar-refractivity contribution is 5.81. The molecule has 0 unspecified atom stereocenters. The van der Waals surface area contributed by atoms with Crippen LogP contribution in [0.4, 0.5) is 5.95 Å². The summed E-state index contributed by atoms with van der Waals surface area (Å²) in [5, 5.41) is 22.6. The van der Waals surface area contributed by atoms with E-state index in [1.807, 2.05) is 28.7 Å². The fourth-order valence-electron chi connectivity index (χ4n) is 5.13. The minimum atomic E-state index is -0.226. The van der Waals surface area contributed by atoms with Crippen molar-refractivity contribution in [1.29, 1.82) is 0 Å². The van der Waals surface area contributed by atoms with Crippen LogP contribution < -0.4 is 5.32 Å². The number of methoxy groups -OCH3 is 1. The van der Waals surface area contributed by atoms with Crippen LogP contribution in [0.3, 0.4) is 0 Å². The molecule has 2 N–H and O–H groups in total. The van der Waals surface area contributed by atoms with Crippen molar-refractivity contribution < 1.29 is 19.4 Å². The third-order valence-corrected chi connectivity index (χ3v) is 7.06. The van der Waals surface area contributed by atoms with Gasteiger partial charge in [-0.25, -0.2) is 9.50 Å². The van der Waals surface area contributed by atoms with E-state index in [2.05, 4.69) is 21.5 Å². The van der Waals surface area contributed by atoms with Crippen LogP contribution in [0.2, 0.25) is 0 Å². The minimum absolute atomic E-state index is 0.0420. The molecule has 2 aliphatic rings. The van der Waals surface area contributed by atoms with Gasteiger partial charge in [-0.3, -0.25) is 9.48 Å². The molecule has 3 aromatic rings. The van der Waals surface area contributed by atoms with Crippen LogP contribution in [-0.2, 0) is 20.8 Å². The molecule has 3 aromatic heterocycles. The summed E-state index contributed by atoms with van der Waals surface area (Å²) in [6.07, 6.45) is 8.71. The molecule has 0 radical (unpaired) electrons. The lowest BCUT2D eigenvalue weighted by Crippen LogP contribution is -2.42. The maximum Gasteiger partial charge on any atom is 0.244 e. The van der Waals surface area contributed by atoms with Gasteiger partial charge in [0.25, 0.3) is 0 Å². The summed E-state index contributed by atoms with van der Waals surface area (Å²) in [4.78, 5) is 19.1. The lowest BCUT2D eigenvalue weighted by atomic mass is 9.85. The number of hydrogen-bond acceptors (Lipinski definition) is 8. The topological polar surface area (TPSA) is 119 Å². The molecule has 194 valence electrons. The average Bonchev–Trinajstić information content (AvgIpc) is 3.49. The third kappa shape index (κ3) is 5.37. The Bertz CT molecular complexity index is 1180. The van der Waals surface area contributed by atoms with Gasteiger partial charge in [-0.15, -0.1) is 5.10 Å². The first-order valence-corrected chi connectivity index (χ1v) is 12.7. The summed E-state index contributed by atoms with van der Waals surface area (Å²) in [6.45, 7) is 5.16. The predicted molar refractivity (Wildman–Crippen MR) is 134 cm³/mol. The fraction of sp³-hybridized carbons (Fsp3) is 0.600. The molecule has 0 spiro atoms. The summed E-state index contributed by atoms with van der Waals surface area (Å²) in [6, 6.07) is 2.23. The number of carbonyl (C=O) groups excluding carboxylic acids is 1. The van der Waals surface area contributed by atoms with Crippen molar-refractivity contribution in [3.05, 3.63) is 30.4 Å². The van der Waals surface area contributed by atoms with E-state index in [1.54, 1.807) is 18.0 Å². The van der Waals surface area contributed by atoms with Crippen LogP contribution in [0, 0.1) is 0 Å². The summed E-state index contributed by atoms with van der Waals surface area (Å²) >= 11 is 0. The SMILES string of the molecule is COC[C@H](C)Nc1ncc2c(-c3cnn(CC(=O)N4CCOCC4)c3)cc(C3CCC(O)CC3)n2n1. The van der Waals surface area contributed by atoms with Crippen LogP contribution in [0.25, 0.3) is 16.6 Å². The molecule has 2 fully saturated rings. The van der Waals surface area contributed by atoms with Crippen LogP contribution in [-0.4, -0.2) is 92.5 Å². The summed E-state index contributed by atoms with van der Waals surface area (Å²) in [7, 11) is 1.67. The number of aliphatic hydroxyl groups excluding tert-OH is 1. The largest absolute Gasteiger partial charge is 0.393 e. The molecule has 1 saturated carbocycles. The number of hydrogen-bond donors (Lipinski definition) is 2. The Morgan fingerprint density at radius 2 is 2.03 bits per heavy atom. The number of aliphatic hydroxyl groups is 1. The Balaban J connectivity index is 1.44. The van der Waals surface area contributed by atoms with Gasteiger partial charge in [0.2, 0.25) is 11.9 Å². The smallest absolute Gasteiger partial charge is 0.244 e. The molecule has 4 heterocycles. The highest BCUT2D eigenvalue weighted by Crippen LogP contribution is 2.37. The fourth-order valence-corrected chi connectivity index (χ4v) is 5.13. The molecule has 1 amide bonds. The number of rotatable bonds is 8. The van der Waals surface area contributed by atoms with Gasteiger partial charge in [-0.05, 0) is 38.7 Å². The van der Waals surface area contributed by atoms with Gasteiger partial charge < -0.3 is 24.8 Å². The number of aromatic nitrogens is 5. The molecule has 1 saturated heterocycles. The van der Waals surface area contributed by atoms with E-state index in [0.717, 1.165) is 48.0 Å². The van der Waals surface area contributed by atoms with Crippen LogP contribution >= 0.6 is 0 Å². The van der Waals surface area contributed by atoms with Gasteiger partial charge in [0.1, 0.15) is 6.54 Å².